The molecule has 6 nitrogen and oxygen atoms in total. The number of phenols is 1. The molecule has 0 aliphatic rings. The predicted octanol–water partition coefficient (Wildman–Crippen LogP) is 2.98. The van der Waals surface area contributed by atoms with Gasteiger partial charge in [-0.15, -0.1) is 0 Å². The normalized spacial score (nSPS) is 11.5. The molecule has 0 saturated heterocycles. The van der Waals surface area contributed by atoms with Crippen molar-refractivity contribution < 1.29 is 23.0 Å². The number of fused-ring (bicyclic) bond motifs is 1. The van der Waals surface area contributed by atoms with E-state index in [2.05, 4.69) is 4.98 Å². The summed E-state index contributed by atoms with van der Waals surface area (Å²) in [5.74, 6) is 0.153. The number of nitriles is 1. The van der Waals surface area contributed by atoms with Crippen LogP contribution in [0.25, 0.3) is 11.0 Å². The number of aromatic amines is 1. The highest BCUT2D eigenvalue weighted by molar-refractivity contribution is 5.81. The van der Waals surface area contributed by atoms with Crippen LogP contribution in [0.5, 0.6) is 11.5 Å². The fourth-order valence-electron chi connectivity index (χ4n) is 2.77. The van der Waals surface area contributed by atoms with Crippen LogP contribution < -0.4 is 10.4 Å². The number of hydrogen-bond acceptors (Lipinski definition) is 4. The number of nitrogens with zero attached hydrogens (tertiary/aromatic N) is 2. The number of aromatic hydroxyl groups is 1. The fraction of sp³-hybridized carbons (Fsp3) is 0.176. The van der Waals surface area contributed by atoms with E-state index in [0.29, 0.717) is 11.6 Å². The van der Waals surface area contributed by atoms with E-state index in [1.807, 2.05) is 0 Å². The molecule has 0 amide bonds. The molecule has 0 radical (unpaired) electrons. The quantitative estimate of drug-likeness (QED) is 0.748. The van der Waals surface area contributed by atoms with Crippen LogP contribution in [0.3, 0.4) is 0 Å². The molecule has 134 valence electrons. The molecule has 0 fully saturated rings. The third-order valence-electron chi connectivity index (χ3n) is 3.90. The van der Waals surface area contributed by atoms with Crippen molar-refractivity contribution in [3.8, 4) is 17.6 Å². The Balaban J connectivity index is 2.26. The maximum Gasteiger partial charge on any atom is 0.418 e. The Morgan fingerprint density at radius 1 is 1.31 bits per heavy atom. The van der Waals surface area contributed by atoms with Crippen LogP contribution >= 0.6 is 0 Å². The number of benzene rings is 2. The van der Waals surface area contributed by atoms with Crippen molar-refractivity contribution in [1.82, 2.24) is 9.55 Å². The molecule has 1 aromatic heterocycles. The molecule has 26 heavy (non-hydrogen) atoms. The van der Waals surface area contributed by atoms with Gasteiger partial charge in [0.1, 0.15) is 11.5 Å². The van der Waals surface area contributed by atoms with Crippen molar-refractivity contribution in [1.29, 1.82) is 5.26 Å². The van der Waals surface area contributed by atoms with Gasteiger partial charge in [0.25, 0.3) is 0 Å². The van der Waals surface area contributed by atoms with Gasteiger partial charge in [-0.3, -0.25) is 4.57 Å². The van der Waals surface area contributed by atoms with Gasteiger partial charge in [0.15, 0.2) is 0 Å². The lowest BCUT2D eigenvalue weighted by molar-refractivity contribution is -0.136. The van der Waals surface area contributed by atoms with Gasteiger partial charge in [0.2, 0.25) is 0 Å². The Labute approximate surface area is 144 Å². The summed E-state index contributed by atoms with van der Waals surface area (Å²) in [5, 5.41) is 18.4. The van der Waals surface area contributed by atoms with E-state index in [1.54, 1.807) is 6.07 Å². The van der Waals surface area contributed by atoms with Crippen molar-refractivity contribution in [3.63, 3.8) is 0 Å². The summed E-state index contributed by atoms with van der Waals surface area (Å²) < 4.78 is 46.4. The molecule has 0 atom stereocenters. The molecular formula is C17H12F3N3O3. The number of ether oxygens (including phenoxy) is 1. The Kier molecular flexibility index (Phi) is 4.12. The maximum atomic E-state index is 13.5. The van der Waals surface area contributed by atoms with E-state index in [-0.39, 0.29) is 34.6 Å². The number of methoxy groups -OCH3 is 1. The zero-order valence-electron chi connectivity index (χ0n) is 13.4. The van der Waals surface area contributed by atoms with Gasteiger partial charge in [0, 0.05) is 11.6 Å². The van der Waals surface area contributed by atoms with Crippen LogP contribution in [0.4, 0.5) is 13.2 Å². The average Bonchev–Trinajstić information content (AvgIpc) is 2.89. The molecule has 0 aliphatic carbocycles. The Hall–Kier alpha value is -3.41. The Bertz CT molecular complexity index is 1090. The minimum Gasteiger partial charge on any atom is -0.508 e. The second-order valence-electron chi connectivity index (χ2n) is 5.54. The molecule has 0 unspecified atom stereocenters. The van der Waals surface area contributed by atoms with Crippen molar-refractivity contribution in [3.05, 3.63) is 57.5 Å². The second-order valence-corrected chi connectivity index (χ2v) is 5.54. The van der Waals surface area contributed by atoms with Crippen molar-refractivity contribution in [2.24, 2.45) is 0 Å². The topological polar surface area (TPSA) is 91.0 Å². The molecule has 0 saturated carbocycles. The molecule has 9 heteroatoms. The highest BCUT2D eigenvalue weighted by Gasteiger charge is 2.35. The standard InChI is InChI=1S/C17H12F3N3O3/c1-26-14-6-11(24)3-2-10(14)8-23-15-12(17(18,19)20)4-9(7-21)5-13(15)22-16(23)25/h2-6,24H,8H2,1H3,(H,22,25). The van der Waals surface area contributed by atoms with Crippen LogP contribution in [0, 0.1) is 11.3 Å². The third kappa shape index (κ3) is 2.97. The second kappa shape index (κ2) is 6.15. The first-order valence-corrected chi connectivity index (χ1v) is 7.34. The molecule has 0 bridgehead atoms. The molecular weight excluding hydrogens is 351 g/mol. The van der Waals surface area contributed by atoms with Gasteiger partial charge in [-0.05, 0) is 24.3 Å². The molecule has 1 heterocycles. The summed E-state index contributed by atoms with van der Waals surface area (Å²) in [6.45, 7) is -0.211. The van der Waals surface area contributed by atoms with E-state index in [4.69, 9.17) is 10.00 Å². The zero-order chi connectivity index (χ0) is 19.1. The number of nitrogens with one attached hydrogen (secondary N) is 1. The Morgan fingerprint density at radius 2 is 2.04 bits per heavy atom. The monoisotopic (exact) mass is 363 g/mol. The highest BCUT2D eigenvalue weighted by Crippen LogP contribution is 2.35. The number of hydrogen-bond donors (Lipinski definition) is 2. The average molecular weight is 363 g/mol. The number of imidazole rings is 1. The molecule has 2 N–H and O–H groups in total. The lowest BCUT2D eigenvalue weighted by atomic mass is 10.1. The highest BCUT2D eigenvalue weighted by atomic mass is 19.4. The lowest BCUT2D eigenvalue weighted by Gasteiger charge is -2.13. The number of halogens is 3. The third-order valence-corrected chi connectivity index (χ3v) is 3.90. The summed E-state index contributed by atoms with van der Waals surface area (Å²) in [6, 6.07) is 7.65. The van der Waals surface area contributed by atoms with Crippen LogP contribution in [-0.2, 0) is 12.7 Å². The zero-order valence-corrected chi connectivity index (χ0v) is 13.4. The minimum absolute atomic E-state index is 0.0773. The van der Waals surface area contributed by atoms with Gasteiger partial charge < -0.3 is 14.8 Å². The molecule has 3 rings (SSSR count). The number of alkyl halides is 3. The first-order valence-electron chi connectivity index (χ1n) is 7.34. The first-order chi connectivity index (χ1) is 12.2. The van der Waals surface area contributed by atoms with Gasteiger partial charge in [-0.1, -0.05) is 0 Å². The molecule has 0 aliphatic heterocycles. The number of phenolic OH excluding ortho intramolecular Hbond substituents is 1. The summed E-state index contributed by atoms with van der Waals surface area (Å²) in [7, 11) is 1.34. The fourth-order valence-corrected chi connectivity index (χ4v) is 2.77. The number of aromatic nitrogens is 2. The largest absolute Gasteiger partial charge is 0.508 e. The van der Waals surface area contributed by atoms with Gasteiger partial charge in [0.05, 0.1) is 41.9 Å². The van der Waals surface area contributed by atoms with E-state index < -0.39 is 17.4 Å². The SMILES string of the molecule is COc1cc(O)ccc1Cn1c(=O)[nH]c2cc(C#N)cc(C(F)(F)F)c21. The van der Waals surface area contributed by atoms with E-state index in [9.17, 15) is 23.1 Å². The van der Waals surface area contributed by atoms with E-state index >= 15 is 0 Å². The number of H-pyrrole nitrogens is 1. The Morgan fingerprint density at radius 3 is 2.65 bits per heavy atom. The van der Waals surface area contributed by atoms with Crippen molar-refractivity contribution in [2.45, 2.75) is 12.7 Å². The lowest BCUT2D eigenvalue weighted by Crippen LogP contribution is -2.19. The van der Waals surface area contributed by atoms with Gasteiger partial charge in [-0.25, -0.2) is 4.79 Å². The smallest absolute Gasteiger partial charge is 0.418 e. The van der Waals surface area contributed by atoms with Crippen molar-refractivity contribution in [2.75, 3.05) is 7.11 Å². The summed E-state index contributed by atoms with van der Waals surface area (Å²) in [5.41, 5.74) is -2.07. The first kappa shape index (κ1) is 17.4. The summed E-state index contributed by atoms with van der Waals surface area (Å²) in [4.78, 5) is 14.6. The summed E-state index contributed by atoms with van der Waals surface area (Å²) in [6.07, 6.45) is -4.75. The van der Waals surface area contributed by atoms with Gasteiger partial charge >= 0.3 is 11.9 Å². The van der Waals surface area contributed by atoms with Crippen LogP contribution in [-0.4, -0.2) is 21.8 Å². The minimum atomic E-state index is -4.75. The summed E-state index contributed by atoms with van der Waals surface area (Å²) >= 11 is 0. The van der Waals surface area contributed by atoms with Gasteiger partial charge in [-0.2, -0.15) is 18.4 Å². The van der Waals surface area contributed by atoms with E-state index in [1.165, 1.54) is 31.4 Å². The maximum absolute atomic E-state index is 13.5. The number of rotatable bonds is 3. The van der Waals surface area contributed by atoms with Crippen LogP contribution in [0.15, 0.2) is 35.1 Å². The molecule has 3 aromatic rings. The molecule has 2 aromatic carbocycles. The predicted molar refractivity (Wildman–Crippen MR) is 86.0 cm³/mol. The molecule has 0 spiro atoms. The van der Waals surface area contributed by atoms with Crippen LogP contribution in [0.2, 0.25) is 0 Å². The van der Waals surface area contributed by atoms with E-state index in [0.717, 1.165) is 4.57 Å². The van der Waals surface area contributed by atoms with Crippen LogP contribution in [0.1, 0.15) is 16.7 Å². The van der Waals surface area contributed by atoms with Crippen molar-refractivity contribution >= 4 is 11.0 Å².